The van der Waals surface area contributed by atoms with Crippen LogP contribution in [0.4, 0.5) is 5.69 Å². The quantitative estimate of drug-likeness (QED) is 0.674. The summed E-state index contributed by atoms with van der Waals surface area (Å²) >= 11 is 5.69. The number of halogens is 1. The molecule has 0 aliphatic carbocycles. The van der Waals surface area contributed by atoms with Crippen molar-refractivity contribution in [3.05, 3.63) is 29.3 Å². The van der Waals surface area contributed by atoms with Crippen molar-refractivity contribution in [2.45, 2.75) is 13.8 Å². The van der Waals surface area contributed by atoms with Crippen molar-refractivity contribution in [2.75, 3.05) is 24.4 Å². The number of rotatable bonds is 3. The van der Waals surface area contributed by atoms with E-state index in [1.54, 1.807) is 0 Å². The fourth-order valence-electron chi connectivity index (χ4n) is 1.48. The lowest BCUT2D eigenvalue weighted by molar-refractivity contribution is 0.965. The SMILES string of the molecule is Cc1ccc(N(C)CCCl)c(C)c1. The van der Waals surface area contributed by atoms with E-state index in [-0.39, 0.29) is 0 Å². The Bertz CT molecular complexity index is 283. The van der Waals surface area contributed by atoms with Crippen LogP contribution < -0.4 is 4.90 Å². The van der Waals surface area contributed by atoms with Crippen LogP contribution in [-0.4, -0.2) is 19.5 Å². The topological polar surface area (TPSA) is 3.24 Å². The van der Waals surface area contributed by atoms with Crippen molar-refractivity contribution < 1.29 is 0 Å². The van der Waals surface area contributed by atoms with Gasteiger partial charge in [0.1, 0.15) is 0 Å². The summed E-state index contributed by atoms with van der Waals surface area (Å²) in [5, 5.41) is 0. The third-order valence-corrected chi connectivity index (χ3v) is 2.35. The van der Waals surface area contributed by atoms with Crippen LogP contribution in [0.5, 0.6) is 0 Å². The Labute approximate surface area is 85.3 Å². The smallest absolute Gasteiger partial charge is 0.0399 e. The summed E-state index contributed by atoms with van der Waals surface area (Å²) in [5.41, 5.74) is 3.89. The summed E-state index contributed by atoms with van der Waals surface area (Å²) in [6.07, 6.45) is 0. The Morgan fingerprint density at radius 2 is 2.00 bits per heavy atom. The molecular formula is C11H16ClN. The molecule has 1 nitrogen and oxygen atoms in total. The maximum atomic E-state index is 5.69. The van der Waals surface area contributed by atoms with Gasteiger partial charge in [-0.1, -0.05) is 17.7 Å². The Balaban J connectivity index is 2.88. The van der Waals surface area contributed by atoms with Gasteiger partial charge >= 0.3 is 0 Å². The van der Waals surface area contributed by atoms with E-state index in [1.807, 2.05) is 0 Å². The minimum Gasteiger partial charge on any atom is -0.373 e. The van der Waals surface area contributed by atoms with Gasteiger partial charge in [0.25, 0.3) is 0 Å². The number of nitrogens with zero attached hydrogens (tertiary/aromatic N) is 1. The zero-order valence-electron chi connectivity index (χ0n) is 8.47. The van der Waals surface area contributed by atoms with Gasteiger partial charge in [0, 0.05) is 25.2 Å². The second kappa shape index (κ2) is 4.52. The molecule has 1 rings (SSSR count). The molecule has 0 aromatic heterocycles. The third-order valence-electron chi connectivity index (χ3n) is 2.18. The predicted molar refractivity (Wildman–Crippen MR) is 59.9 cm³/mol. The molecule has 0 amide bonds. The number of hydrogen-bond acceptors (Lipinski definition) is 1. The molecule has 1 aromatic carbocycles. The average Bonchev–Trinajstić information content (AvgIpc) is 2.04. The molecule has 1 aromatic rings. The first-order valence-electron chi connectivity index (χ1n) is 4.49. The normalized spacial score (nSPS) is 10.2. The number of benzene rings is 1. The Morgan fingerprint density at radius 1 is 1.31 bits per heavy atom. The lowest BCUT2D eigenvalue weighted by atomic mass is 10.1. The summed E-state index contributed by atoms with van der Waals surface area (Å²) in [6.45, 7) is 5.14. The van der Waals surface area contributed by atoms with Crippen LogP contribution in [0.3, 0.4) is 0 Å². The fraction of sp³-hybridized carbons (Fsp3) is 0.455. The van der Waals surface area contributed by atoms with Crippen molar-refractivity contribution in [3.63, 3.8) is 0 Å². The molecular weight excluding hydrogens is 182 g/mol. The highest BCUT2D eigenvalue weighted by Crippen LogP contribution is 2.19. The second-order valence-electron chi connectivity index (χ2n) is 3.40. The zero-order valence-corrected chi connectivity index (χ0v) is 9.23. The van der Waals surface area contributed by atoms with Crippen molar-refractivity contribution in [3.8, 4) is 0 Å². The van der Waals surface area contributed by atoms with Crippen LogP contribution in [-0.2, 0) is 0 Å². The highest BCUT2D eigenvalue weighted by Gasteiger charge is 2.02. The average molecular weight is 198 g/mol. The molecule has 0 radical (unpaired) electrons. The highest BCUT2D eigenvalue weighted by atomic mass is 35.5. The maximum Gasteiger partial charge on any atom is 0.0399 e. The van der Waals surface area contributed by atoms with E-state index in [0.29, 0.717) is 5.88 Å². The van der Waals surface area contributed by atoms with Crippen molar-refractivity contribution in [2.24, 2.45) is 0 Å². The Morgan fingerprint density at radius 3 is 2.54 bits per heavy atom. The van der Waals surface area contributed by atoms with E-state index in [9.17, 15) is 0 Å². The first-order chi connectivity index (χ1) is 6.15. The van der Waals surface area contributed by atoms with Crippen molar-refractivity contribution in [1.82, 2.24) is 0 Å². The van der Waals surface area contributed by atoms with Crippen molar-refractivity contribution in [1.29, 1.82) is 0 Å². The fourth-order valence-corrected chi connectivity index (χ4v) is 1.73. The maximum absolute atomic E-state index is 5.69. The van der Waals surface area contributed by atoms with Gasteiger partial charge in [-0.25, -0.2) is 0 Å². The van der Waals surface area contributed by atoms with Gasteiger partial charge in [-0.3, -0.25) is 0 Å². The van der Waals surface area contributed by atoms with Gasteiger partial charge in [0.2, 0.25) is 0 Å². The molecule has 2 heteroatoms. The van der Waals surface area contributed by atoms with Gasteiger partial charge in [0.05, 0.1) is 0 Å². The van der Waals surface area contributed by atoms with Crippen LogP contribution in [0.1, 0.15) is 11.1 Å². The molecule has 0 aliphatic rings. The third kappa shape index (κ3) is 2.63. The van der Waals surface area contributed by atoms with Crippen molar-refractivity contribution >= 4 is 17.3 Å². The first-order valence-corrected chi connectivity index (χ1v) is 5.03. The molecule has 0 heterocycles. The number of anilines is 1. The molecule has 72 valence electrons. The van der Waals surface area contributed by atoms with Crippen LogP contribution >= 0.6 is 11.6 Å². The van der Waals surface area contributed by atoms with E-state index in [4.69, 9.17) is 11.6 Å². The molecule has 0 saturated heterocycles. The molecule has 0 saturated carbocycles. The van der Waals surface area contributed by atoms with Crippen LogP contribution in [0.15, 0.2) is 18.2 Å². The minimum absolute atomic E-state index is 0.670. The molecule has 0 N–H and O–H groups in total. The highest BCUT2D eigenvalue weighted by molar-refractivity contribution is 6.18. The van der Waals surface area contributed by atoms with E-state index in [0.717, 1.165) is 6.54 Å². The Hall–Kier alpha value is -0.690. The summed E-state index contributed by atoms with van der Waals surface area (Å²) in [6, 6.07) is 6.48. The predicted octanol–water partition coefficient (Wildman–Crippen LogP) is 2.98. The molecule has 0 atom stereocenters. The summed E-state index contributed by atoms with van der Waals surface area (Å²) < 4.78 is 0. The largest absolute Gasteiger partial charge is 0.373 e. The second-order valence-corrected chi connectivity index (χ2v) is 3.78. The van der Waals surface area contributed by atoms with Gasteiger partial charge < -0.3 is 4.90 Å². The first kappa shape index (κ1) is 10.4. The molecule has 0 aliphatic heterocycles. The lowest BCUT2D eigenvalue weighted by Gasteiger charge is -2.20. The zero-order chi connectivity index (χ0) is 9.84. The monoisotopic (exact) mass is 197 g/mol. The molecule has 13 heavy (non-hydrogen) atoms. The van der Waals surface area contributed by atoms with E-state index in [2.05, 4.69) is 44.0 Å². The number of hydrogen-bond donors (Lipinski definition) is 0. The van der Waals surface area contributed by atoms with Gasteiger partial charge in [-0.15, -0.1) is 11.6 Å². The Kier molecular flexibility index (Phi) is 3.61. The van der Waals surface area contributed by atoms with Crippen LogP contribution in [0.25, 0.3) is 0 Å². The van der Waals surface area contributed by atoms with Gasteiger partial charge in [0.15, 0.2) is 0 Å². The minimum atomic E-state index is 0.670. The molecule has 0 spiro atoms. The molecule has 0 fully saturated rings. The van der Waals surface area contributed by atoms with Crippen LogP contribution in [0.2, 0.25) is 0 Å². The van der Waals surface area contributed by atoms with E-state index in [1.165, 1.54) is 16.8 Å². The summed E-state index contributed by atoms with van der Waals surface area (Å²) in [7, 11) is 2.07. The summed E-state index contributed by atoms with van der Waals surface area (Å²) in [4.78, 5) is 2.18. The van der Waals surface area contributed by atoms with Gasteiger partial charge in [-0.2, -0.15) is 0 Å². The number of alkyl halides is 1. The van der Waals surface area contributed by atoms with E-state index >= 15 is 0 Å². The standard InChI is InChI=1S/C11H16ClN/c1-9-4-5-11(10(2)8-9)13(3)7-6-12/h4-5,8H,6-7H2,1-3H3. The lowest BCUT2D eigenvalue weighted by Crippen LogP contribution is -2.20. The van der Waals surface area contributed by atoms with Gasteiger partial charge in [-0.05, 0) is 25.5 Å². The number of aryl methyl sites for hydroxylation is 2. The summed E-state index contributed by atoms with van der Waals surface area (Å²) in [5.74, 6) is 0.670. The van der Waals surface area contributed by atoms with E-state index < -0.39 is 0 Å². The molecule has 0 bridgehead atoms. The molecule has 0 unspecified atom stereocenters. The van der Waals surface area contributed by atoms with Crippen LogP contribution in [0, 0.1) is 13.8 Å².